The highest BCUT2D eigenvalue weighted by Gasteiger charge is 2.11. The van der Waals surface area contributed by atoms with Gasteiger partial charge in [0, 0.05) is 6.04 Å². The number of hydrogen-bond acceptors (Lipinski definition) is 4. The molecule has 1 aromatic heterocycles. The Hall–Kier alpha value is -0.640. The van der Waals surface area contributed by atoms with Gasteiger partial charge >= 0.3 is 0 Å². The second-order valence-corrected chi connectivity index (χ2v) is 6.25. The molecule has 1 heterocycles. The highest BCUT2D eigenvalue weighted by molar-refractivity contribution is 7.15. The lowest BCUT2D eigenvalue weighted by Crippen LogP contribution is -2.19. The maximum atomic E-state index is 4.24. The Kier molecular flexibility index (Phi) is 8.80. The van der Waals surface area contributed by atoms with Crippen LogP contribution in [0.5, 0.6) is 0 Å². The van der Waals surface area contributed by atoms with E-state index in [1.165, 1.54) is 51.4 Å². The molecular formula is C15H29N3S. The van der Waals surface area contributed by atoms with Gasteiger partial charge in [-0.25, -0.2) is 0 Å². The highest BCUT2D eigenvalue weighted by Crippen LogP contribution is 2.20. The Balaban J connectivity index is 2.41. The normalized spacial score (nSPS) is 11.2. The number of unbranched alkanes of at least 4 members (excludes halogenated alkanes) is 4. The summed E-state index contributed by atoms with van der Waals surface area (Å²) in [4.78, 5) is 0. The van der Waals surface area contributed by atoms with Crippen LogP contribution in [0.4, 0.5) is 5.13 Å². The molecule has 1 rings (SSSR count). The lowest BCUT2D eigenvalue weighted by molar-refractivity contribution is 0.526. The number of anilines is 1. The van der Waals surface area contributed by atoms with Gasteiger partial charge in [0.2, 0.25) is 5.13 Å². The van der Waals surface area contributed by atoms with Crippen LogP contribution in [0.2, 0.25) is 0 Å². The molecule has 0 aromatic carbocycles. The van der Waals surface area contributed by atoms with Crippen LogP contribution in [-0.2, 0) is 6.42 Å². The Morgan fingerprint density at radius 1 is 0.947 bits per heavy atom. The van der Waals surface area contributed by atoms with Crippen LogP contribution in [-0.4, -0.2) is 16.2 Å². The van der Waals surface area contributed by atoms with E-state index < -0.39 is 0 Å². The zero-order valence-corrected chi connectivity index (χ0v) is 13.6. The molecule has 1 aromatic rings. The Labute approximate surface area is 122 Å². The molecule has 0 aliphatic heterocycles. The van der Waals surface area contributed by atoms with Crippen molar-refractivity contribution < 1.29 is 0 Å². The summed E-state index contributed by atoms with van der Waals surface area (Å²) in [6, 6.07) is 0.579. The molecule has 0 aliphatic carbocycles. The number of hydrogen-bond donors (Lipinski definition) is 1. The second-order valence-electron chi connectivity index (χ2n) is 5.19. The zero-order chi connectivity index (χ0) is 13.9. The van der Waals surface area contributed by atoms with Crippen LogP contribution in [0.3, 0.4) is 0 Å². The minimum atomic E-state index is 0.579. The highest BCUT2D eigenvalue weighted by atomic mass is 32.1. The predicted molar refractivity (Wildman–Crippen MR) is 85.0 cm³/mol. The molecule has 19 heavy (non-hydrogen) atoms. The van der Waals surface area contributed by atoms with Crippen LogP contribution in [0.1, 0.15) is 77.1 Å². The number of nitrogens with zero attached hydrogens (tertiary/aromatic N) is 2. The average molecular weight is 283 g/mol. The predicted octanol–water partition coefficient (Wildman–Crippen LogP) is 5.04. The third kappa shape index (κ3) is 6.90. The lowest BCUT2D eigenvalue weighted by atomic mass is 10.0. The molecule has 0 aliphatic rings. The quantitative estimate of drug-likeness (QED) is 0.578. The van der Waals surface area contributed by atoms with Crippen molar-refractivity contribution in [3.8, 4) is 0 Å². The SMILES string of the molecule is CCCCCC(CCCCC)Nc1nnc(CC)s1. The molecule has 0 radical (unpaired) electrons. The first-order valence-corrected chi connectivity index (χ1v) is 8.70. The van der Waals surface area contributed by atoms with Gasteiger partial charge in [0.15, 0.2) is 0 Å². The van der Waals surface area contributed by atoms with Crippen molar-refractivity contribution in [3.05, 3.63) is 5.01 Å². The maximum absolute atomic E-state index is 4.24. The van der Waals surface area contributed by atoms with Crippen molar-refractivity contribution in [2.75, 3.05) is 5.32 Å². The molecule has 4 heteroatoms. The molecule has 0 spiro atoms. The summed E-state index contributed by atoms with van der Waals surface area (Å²) in [6.45, 7) is 6.65. The van der Waals surface area contributed by atoms with Crippen molar-refractivity contribution in [1.29, 1.82) is 0 Å². The molecule has 110 valence electrons. The van der Waals surface area contributed by atoms with Crippen LogP contribution >= 0.6 is 11.3 Å². The van der Waals surface area contributed by atoms with Crippen molar-refractivity contribution in [2.24, 2.45) is 0 Å². The number of aromatic nitrogens is 2. The smallest absolute Gasteiger partial charge is 0.205 e. The summed E-state index contributed by atoms with van der Waals surface area (Å²) in [6.07, 6.45) is 11.4. The van der Waals surface area contributed by atoms with Gasteiger partial charge in [-0.1, -0.05) is 70.6 Å². The molecule has 0 saturated carbocycles. The molecule has 0 bridgehead atoms. The van der Waals surface area contributed by atoms with Gasteiger partial charge in [-0.2, -0.15) is 0 Å². The van der Waals surface area contributed by atoms with Gasteiger partial charge in [-0.3, -0.25) is 0 Å². The van der Waals surface area contributed by atoms with E-state index in [0.717, 1.165) is 16.6 Å². The molecule has 3 nitrogen and oxygen atoms in total. The van der Waals surface area contributed by atoms with E-state index >= 15 is 0 Å². The van der Waals surface area contributed by atoms with Gasteiger partial charge in [-0.05, 0) is 19.3 Å². The van der Waals surface area contributed by atoms with Crippen LogP contribution in [0, 0.1) is 0 Å². The first-order chi connectivity index (χ1) is 9.30. The third-order valence-corrected chi connectivity index (χ3v) is 4.41. The summed E-state index contributed by atoms with van der Waals surface area (Å²) in [7, 11) is 0. The molecule has 1 N–H and O–H groups in total. The molecular weight excluding hydrogens is 254 g/mol. The Bertz CT molecular complexity index is 315. The first-order valence-electron chi connectivity index (χ1n) is 7.89. The number of rotatable bonds is 11. The minimum absolute atomic E-state index is 0.579. The lowest BCUT2D eigenvalue weighted by Gasteiger charge is -2.17. The molecule has 0 atom stereocenters. The fourth-order valence-electron chi connectivity index (χ4n) is 2.20. The van der Waals surface area contributed by atoms with Gasteiger partial charge in [0.05, 0.1) is 0 Å². The molecule has 0 fully saturated rings. The van der Waals surface area contributed by atoms with Gasteiger partial charge < -0.3 is 5.32 Å². The molecule has 0 saturated heterocycles. The number of aryl methyl sites for hydroxylation is 1. The van der Waals surface area contributed by atoms with Crippen molar-refractivity contribution in [2.45, 2.75) is 84.6 Å². The van der Waals surface area contributed by atoms with Crippen molar-refractivity contribution >= 4 is 16.5 Å². The summed E-state index contributed by atoms with van der Waals surface area (Å²) in [5, 5.41) is 14.2. The van der Waals surface area contributed by atoms with Crippen LogP contribution in [0.25, 0.3) is 0 Å². The average Bonchev–Trinajstić information content (AvgIpc) is 2.87. The van der Waals surface area contributed by atoms with E-state index in [-0.39, 0.29) is 0 Å². The molecule has 0 amide bonds. The monoisotopic (exact) mass is 283 g/mol. The van der Waals surface area contributed by atoms with Crippen LogP contribution in [0.15, 0.2) is 0 Å². The topological polar surface area (TPSA) is 37.8 Å². The fraction of sp³-hybridized carbons (Fsp3) is 0.867. The van der Waals surface area contributed by atoms with Gasteiger partial charge in [-0.15, -0.1) is 10.2 Å². The third-order valence-electron chi connectivity index (χ3n) is 3.41. The summed E-state index contributed by atoms with van der Waals surface area (Å²) in [5.41, 5.74) is 0. The zero-order valence-electron chi connectivity index (χ0n) is 12.7. The maximum Gasteiger partial charge on any atom is 0.205 e. The van der Waals surface area contributed by atoms with E-state index in [4.69, 9.17) is 0 Å². The minimum Gasteiger partial charge on any atom is -0.357 e. The van der Waals surface area contributed by atoms with E-state index in [9.17, 15) is 0 Å². The van der Waals surface area contributed by atoms with Crippen molar-refractivity contribution in [1.82, 2.24) is 10.2 Å². The molecule has 0 unspecified atom stereocenters. The van der Waals surface area contributed by atoms with E-state index in [2.05, 4.69) is 36.3 Å². The standard InChI is InChI=1S/C15H29N3S/c1-4-7-9-11-13(12-10-8-5-2)16-15-18-17-14(6-3)19-15/h13H,4-12H2,1-3H3,(H,16,18). The van der Waals surface area contributed by atoms with Crippen molar-refractivity contribution in [3.63, 3.8) is 0 Å². The fourth-order valence-corrected chi connectivity index (χ4v) is 2.96. The largest absolute Gasteiger partial charge is 0.357 e. The Morgan fingerprint density at radius 3 is 2.05 bits per heavy atom. The van der Waals surface area contributed by atoms with Gasteiger partial charge in [0.1, 0.15) is 5.01 Å². The van der Waals surface area contributed by atoms with E-state index in [1.807, 2.05) is 0 Å². The summed E-state index contributed by atoms with van der Waals surface area (Å²) >= 11 is 1.71. The van der Waals surface area contributed by atoms with E-state index in [1.54, 1.807) is 11.3 Å². The summed E-state index contributed by atoms with van der Waals surface area (Å²) < 4.78 is 0. The second kappa shape index (κ2) is 10.2. The van der Waals surface area contributed by atoms with Crippen LogP contribution < -0.4 is 5.32 Å². The van der Waals surface area contributed by atoms with Gasteiger partial charge in [0.25, 0.3) is 0 Å². The number of nitrogens with one attached hydrogen (secondary N) is 1. The first kappa shape index (κ1) is 16.4. The Morgan fingerprint density at radius 2 is 1.58 bits per heavy atom. The van der Waals surface area contributed by atoms with E-state index in [0.29, 0.717) is 6.04 Å². The summed E-state index contributed by atoms with van der Waals surface area (Å²) in [5.74, 6) is 0.